The Morgan fingerprint density at radius 1 is 0.630 bits per heavy atom. The lowest BCUT2D eigenvalue weighted by molar-refractivity contribution is -0.350. The summed E-state index contributed by atoms with van der Waals surface area (Å²) in [5.74, 6) is -0.909. The predicted octanol–water partition coefficient (Wildman–Crippen LogP) is -0.759. The van der Waals surface area contributed by atoms with Crippen molar-refractivity contribution in [3.8, 4) is 0 Å². The van der Waals surface area contributed by atoms with Gasteiger partial charge in [-0.05, 0) is 110 Å². The number of hydrogen-bond donors (Lipinski definition) is 12. The van der Waals surface area contributed by atoms with Gasteiger partial charge in [0.1, 0.15) is 78.7 Å². The molecule has 9 rings (SSSR count). The number of ether oxygens (including phenoxy) is 8. The number of aliphatic hydroxyl groups is 12. The molecule has 0 aromatic rings. The zero-order valence-corrected chi connectivity index (χ0v) is 43.4. The molecule has 0 spiro atoms. The summed E-state index contributed by atoms with van der Waals surface area (Å²) in [5.41, 5.74) is -2.12. The van der Waals surface area contributed by atoms with Gasteiger partial charge >= 0.3 is 5.97 Å². The molecule has 5 aliphatic carbocycles. The molecule has 0 bridgehead atoms. The number of aliphatic hydroxyl groups excluding tert-OH is 12. The summed E-state index contributed by atoms with van der Waals surface area (Å²) >= 11 is 0. The first kappa shape index (κ1) is 56.2. The maximum atomic E-state index is 15.2. The minimum Gasteiger partial charge on any atom is -0.432 e. The van der Waals surface area contributed by atoms with Crippen LogP contribution in [0.15, 0.2) is 11.6 Å². The summed E-state index contributed by atoms with van der Waals surface area (Å²) in [6.07, 6.45) is -20.7. The Labute approximate surface area is 426 Å². The van der Waals surface area contributed by atoms with Gasteiger partial charge in [-0.25, -0.2) is 0 Å². The molecule has 0 amide bonds. The van der Waals surface area contributed by atoms with Crippen LogP contribution in [0.4, 0.5) is 0 Å². The van der Waals surface area contributed by atoms with Crippen LogP contribution in [-0.2, 0) is 42.7 Å². The van der Waals surface area contributed by atoms with Gasteiger partial charge in [-0.3, -0.25) is 4.79 Å². The molecule has 418 valence electrons. The van der Waals surface area contributed by atoms with Crippen LogP contribution in [0.3, 0.4) is 0 Å². The molecule has 73 heavy (non-hydrogen) atoms. The van der Waals surface area contributed by atoms with Gasteiger partial charge < -0.3 is 99.2 Å². The van der Waals surface area contributed by atoms with E-state index in [1.54, 1.807) is 0 Å². The molecule has 4 aliphatic heterocycles. The van der Waals surface area contributed by atoms with E-state index < -0.39 is 164 Å². The Bertz CT molecular complexity index is 2020. The second-order valence-electron chi connectivity index (χ2n) is 25.5. The van der Waals surface area contributed by atoms with Crippen LogP contribution in [0.1, 0.15) is 113 Å². The lowest BCUT2D eigenvalue weighted by atomic mass is 9.33. The van der Waals surface area contributed by atoms with Gasteiger partial charge in [-0.2, -0.15) is 0 Å². The summed E-state index contributed by atoms with van der Waals surface area (Å²) in [5, 5.41) is 130. The fraction of sp³-hybridized carbons (Fsp3) is 0.942. The van der Waals surface area contributed by atoms with Gasteiger partial charge in [0, 0.05) is 0 Å². The van der Waals surface area contributed by atoms with Crippen molar-refractivity contribution < 1.29 is 104 Å². The van der Waals surface area contributed by atoms with Gasteiger partial charge in [0.05, 0.1) is 38.1 Å². The van der Waals surface area contributed by atoms with E-state index in [9.17, 15) is 61.3 Å². The van der Waals surface area contributed by atoms with Crippen LogP contribution in [0.2, 0.25) is 0 Å². The van der Waals surface area contributed by atoms with Crippen molar-refractivity contribution in [1.82, 2.24) is 0 Å². The molecular weight excluding hydrogens is 961 g/mol. The van der Waals surface area contributed by atoms with Crippen LogP contribution < -0.4 is 0 Å². The fourth-order valence-corrected chi connectivity index (χ4v) is 15.9. The smallest absolute Gasteiger partial charge is 0.317 e. The largest absolute Gasteiger partial charge is 0.432 e. The monoisotopic (exact) mass is 1040 g/mol. The van der Waals surface area contributed by atoms with E-state index in [2.05, 4.69) is 54.5 Å². The summed E-state index contributed by atoms with van der Waals surface area (Å²) < 4.78 is 47.4. The molecule has 9 aliphatic rings. The Morgan fingerprint density at radius 3 is 1.93 bits per heavy atom. The maximum Gasteiger partial charge on any atom is 0.317 e. The first-order valence-electron chi connectivity index (χ1n) is 26.6. The van der Waals surface area contributed by atoms with Crippen molar-refractivity contribution in [3.63, 3.8) is 0 Å². The topological polar surface area (TPSA) is 334 Å². The summed E-state index contributed by atoms with van der Waals surface area (Å²) in [4.78, 5) is 15.2. The Kier molecular flexibility index (Phi) is 15.4. The van der Waals surface area contributed by atoms with Crippen LogP contribution in [0.5, 0.6) is 0 Å². The average molecular weight is 1050 g/mol. The molecule has 0 aromatic heterocycles. The molecule has 8 fully saturated rings. The fourth-order valence-electron chi connectivity index (χ4n) is 15.9. The van der Waals surface area contributed by atoms with Crippen LogP contribution in [0, 0.1) is 50.2 Å². The van der Waals surface area contributed by atoms with Crippen LogP contribution in [-0.4, -0.2) is 210 Å². The molecule has 4 heterocycles. The van der Waals surface area contributed by atoms with Gasteiger partial charge in [-0.15, -0.1) is 0 Å². The van der Waals surface area contributed by atoms with Crippen molar-refractivity contribution in [3.05, 3.63) is 11.6 Å². The highest BCUT2D eigenvalue weighted by atomic mass is 16.8. The molecular formula is C52H84O21. The summed E-state index contributed by atoms with van der Waals surface area (Å²) in [7, 11) is 0. The molecule has 21 nitrogen and oxygen atoms in total. The Balaban J connectivity index is 0.938. The molecule has 0 radical (unpaired) electrons. The number of allylic oxidation sites excluding steroid dienone is 2. The Hall–Kier alpha value is -1.55. The van der Waals surface area contributed by atoms with E-state index in [1.807, 2.05) is 0 Å². The number of esters is 1. The van der Waals surface area contributed by atoms with E-state index in [-0.39, 0.29) is 41.1 Å². The second-order valence-corrected chi connectivity index (χ2v) is 25.5. The highest BCUT2D eigenvalue weighted by molar-refractivity contribution is 5.80. The van der Waals surface area contributed by atoms with Crippen LogP contribution >= 0.6 is 0 Å². The lowest BCUT2D eigenvalue weighted by Gasteiger charge is -2.71. The number of carbonyl (C=O) groups excluding carboxylic acids is 1. The van der Waals surface area contributed by atoms with Crippen molar-refractivity contribution in [2.45, 2.75) is 236 Å². The van der Waals surface area contributed by atoms with Gasteiger partial charge in [0.15, 0.2) is 25.0 Å². The molecule has 12 N–H and O–H groups in total. The first-order chi connectivity index (χ1) is 34.0. The number of rotatable bonds is 9. The summed E-state index contributed by atoms with van der Waals surface area (Å²) in [6.45, 7) is 16.0. The van der Waals surface area contributed by atoms with Crippen molar-refractivity contribution in [2.75, 3.05) is 19.8 Å². The van der Waals surface area contributed by atoms with Crippen molar-refractivity contribution in [2.24, 2.45) is 50.2 Å². The van der Waals surface area contributed by atoms with Gasteiger partial charge in [0.25, 0.3) is 0 Å². The molecule has 27 atom stereocenters. The molecule has 0 aromatic carbocycles. The molecule has 0 unspecified atom stereocenters. The Morgan fingerprint density at radius 2 is 1.25 bits per heavy atom. The zero-order chi connectivity index (χ0) is 53.3. The molecule has 21 heteroatoms. The van der Waals surface area contributed by atoms with Crippen molar-refractivity contribution >= 4 is 5.97 Å². The lowest BCUT2D eigenvalue weighted by Crippen LogP contribution is -2.68. The number of carbonyl (C=O) groups is 1. The highest BCUT2D eigenvalue weighted by Crippen LogP contribution is 2.76. The van der Waals surface area contributed by atoms with E-state index in [1.165, 1.54) is 6.92 Å². The van der Waals surface area contributed by atoms with E-state index in [0.29, 0.717) is 32.1 Å². The third kappa shape index (κ3) is 9.10. The first-order valence-corrected chi connectivity index (χ1v) is 26.6. The van der Waals surface area contributed by atoms with Gasteiger partial charge in [0.2, 0.25) is 6.29 Å². The van der Waals surface area contributed by atoms with E-state index >= 15 is 4.79 Å². The highest BCUT2D eigenvalue weighted by Gasteiger charge is 2.72. The van der Waals surface area contributed by atoms with Crippen LogP contribution in [0.25, 0.3) is 0 Å². The van der Waals surface area contributed by atoms with E-state index in [4.69, 9.17) is 37.9 Å². The zero-order valence-electron chi connectivity index (χ0n) is 43.4. The molecule has 4 saturated carbocycles. The number of hydrogen-bond acceptors (Lipinski definition) is 21. The maximum absolute atomic E-state index is 15.2. The van der Waals surface area contributed by atoms with E-state index in [0.717, 1.165) is 24.8 Å². The molecule has 4 saturated heterocycles. The van der Waals surface area contributed by atoms with Crippen molar-refractivity contribution in [1.29, 1.82) is 0 Å². The number of fused-ring (bicyclic) bond motifs is 7. The standard InChI is InChI=1S/C52H84O21/c1-22-32(56)36(60)39(63)43(69-22)72-41-34(58)26(54)20-67-45(41)73-46(65)52-16-15-47(2,3)17-24(52)23-9-10-29-49(6)13-12-31(48(4,5)28(49)11-14-50(29,7)51(23,8)18-30(52)55)71-44-40(64)37(61)35(59)27(70-44)21-68-42-38(62)33(57)25(53)19-66-42/h9,22,24-45,53-64H,10-21H2,1-8H3/t22-,24-,25+,26-,27+,28-,29+,30+,31-,32-,33-,34-,35+,36+,37-,38+,39+,40+,41+,42-,43-,44-,45-,49-,50+,51+,52+/m0/s1. The predicted molar refractivity (Wildman–Crippen MR) is 251 cm³/mol. The summed E-state index contributed by atoms with van der Waals surface area (Å²) in [6, 6.07) is 0. The minimum absolute atomic E-state index is 0.116. The third-order valence-corrected chi connectivity index (χ3v) is 20.6. The second kappa shape index (κ2) is 20.0. The average Bonchev–Trinajstić information content (AvgIpc) is 3.32. The third-order valence-electron chi connectivity index (χ3n) is 20.6. The normalized spacial score (nSPS) is 54.7. The van der Waals surface area contributed by atoms with Gasteiger partial charge in [-0.1, -0.05) is 60.1 Å². The SMILES string of the molecule is C[C@@H]1O[C@@H](O[C@H]2[C@H](OC(=O)[C@]34CCC(C)(C)C[C@H]3C3=CC[C@@H]5[C@@]6(C)CC[C@H](O[C@@H]7O[C@H](CO[C@@H]8OC[C@@H](O)[C@H](O)[C@H]8O)[C@@H](O)[C@H](O)[C@H]7O)C(C)(C)[C@@H]6CC[C@@]5(C)[C@]3(C)C[C@H]4O)OC[C@H](O)[C@@H]2O)[C@H](O)[C@H](O)[C@H]1O. The quantitative estimate of drug-likeness (QED) is 0.0767. The minimum atomic E-state index is -1.75.